The minimum absolute atomic E-state index is 0.00416. The molecule has 1 aliphatic rings. The number of aryl methyl sites for hydroxylation is 1. The minimum atomic E-state index is 0.00416. The van der Waals surface area contributed by atoms with Crippen LogP contribution in [0.15, 0.2) is 24.7 Å². The predicted molar refractivity (Wildman–Crippen MR) is 121 cm³/mol. The van der Waals surface area contributed by atoms with E-state index in [1.165, 1.54) is 0 Å². The standard InChI is InChI=1S/C22H29N9/c1-15-16(2)25-21-23-14-24-31(21)20(15)29-10-6-9-28(11-12-29)19-8-7-18-26-17(22(3,4)5)13-30(18)27-19/h7-8,13-14H,6,9-12H2,1-5H3. The molecule has 0 unspecified atom stereocenters. The Balaban J connectivity index is 1.42. The fraction of sp³-hybridized carbons (Fsp3) is 0.500. The zero-order valence-electron chi connectivity index (χ0n) is 18.9. The van der Waals surface area contributed by atoms with Crippen molar-refractivity contribution in [2.45, 2.75) is 46.5 Å². The molecule has 4 aromatic heterocycles. The average molecular weight is 420 g/mol. The summed E-state index contributed by atoms with van der Waals surface area (Å²) in [6.07, 6.45) is 4.66. The van der Waals surface area contributed by atoms with Crippen LogP contribution in [-0.4, -0.2) is 60.4 Å². The Bertz CT molecular complexity index is 1250. The lowest BCUT2D eigenvalue weighted by Gasteiger charge is -2.26. The van der Waals surface area contributed by atoms with E-state index in [0.717, 1.165) is 66.8 Å². The molecule has 1 aliphatic heterocycles. The molecule has 0 spiro atoms. The molecule has 1 saturated heterocycles. The van der Waals surface area contributed by atoms with Gasteiger partial charge in [-0.15, -0.1) is 5.10 Å². The summed E-state index contributed by atoms with van der Waals surface area (Å²) >= 11 is 0. The summed E-state index contributed by atoms with van der Waals surface area (Å²) in [6.45, 7) is 14.4. The second-order valence-electron chi connectivity index (χ2n) is 9.32. The van der Waals surface area contributed by atoms with Crippen LogP contribution in [0.1, 0.15) is 44.1 Å². The van der Waals surface area contributed by atoms with Gasteiger partial charge in [-0.3, -0.25) is 0 Å². The van der Waals surface area contributed by atoms with Crippen molar-refractivity contribution in [1.29, 1.82) is 0 Å². The van der Waals surface area contributed by atoms with Gasteiger partial charge in [0, 0.05) is 42.9 Å². The maximum atomic E-state index is 4.87. The number of hydrogen-bond acceptors (Lipinski definition) is 7. The molecular weight excluding hydrogens is 390 g/mol. The number of rotatable bonds is 2. The first kappa shape index (κ1) is 19.7. The van der Waals surface area contributed by atoms with Crippen molar-refractivity contribution >= 4 is 23.1 Å². The lowest BCUT2D eigenvalue weighted by molar-refractivity contribution is 0.572. The first-order valence-corrected chi connectivity index (χ1v) is 10.8. The molecule has 0 bridgehead atoms. The van der Waals surface area contributed by atoms with Crippen LogP contribution in [0.25, 0.3) is 11.4 Å². The van der Waals surface area contributed by atoms with Crippen LogP contribution in [0.5, 0.6) is 0 Å². The number of aromatic nitrogens is 7. The zero-order valence-corrected chi connectivity index (χ0v) is 18.9. The summed E-state index contributed by atoms with van der Waals surface area (Å²) in [7, 11) is 0. The Morgan fingerprint density at radius 2 is 1.71 bits per heavy atom. The van der Waals surface area contributed by atoms with Crippen LogP contribution < -0.4 is 9.80 Å². The maximum absolute atomic E-state index is 4.87. The van der Waals surface area contributed by atoms with Gasteiger partial charge in [-0.1, -0.05) is 20.8 Å². The van der Waals surface area contributed by atoms with Gasteiger partial charge in [0.15, 0.2) is 5.65 Å². The van der Waals surface area contributed by atoms with E-state index in [0.29, 0.717) is 5.78 Å². The molecule has 5 heterocycles. The van der Waals surface area contributed by atoms with Crippen molar-refractivity contribution in [3.05, 3.63) is 41.6 Å². The maximum Gasteiger partial charge on any atom is 0.254 e. The summed E-state index contributed by atoms with van der Waals surface area (Å²) in [6, 6.07) is 4.15. The highest BCUT2D eigenvalue weighted by Crippen LogP contribution is 2.25. The highest BCUT2D eigenvalue weighted by molar-refractivity contribution is 5.55. The van der Waals surface area contributed by atoms with Gasteiger partial charge in [0.05, 0.1) is 11.9 Å². The van der Waals surface area contributed by atoms with Crippen LogP contribution in [0.2, 0.25) is 0 Å². The third-order valence-electron chi connectivity index (χ3n) is 6.07. The molecular formula is C22H29N9. The molecule has 162 valence electrons. The molecule has 0 aromatic carbocycles. The zero-order chi connectivity index (χ0) is 21.8. The van der Waals surface area contributed by atoms with Crippen LogP contribution in [0.3, 0.4) is 0 Å². The molecule has 31 heavy (non-hydrogen) atoms. The molecule has 0 N–H and O–H groups in total. The third-order valence-corrected chi connectivity index (χ3v) is 6.07. The van der Waals surface area contributed by atoms with Gasteiger partial charge >= 0.3 is 0 Å². The molecule has 4 aromatic rings. The normalized spacial score (nSPS) is 15.8. The highest BCUT2D eigenvalue weighted by Gasteiger charge is 2.23. The van der Waals surface area contributed by atoms with Gasteiger partial charge in [0.25, 0.3) is 5.78 Å². The molecule has 5 rings (SSSR count). The number of nitrogens with zero attached hydrogens (tertiary/aromatic N) is 9. The lowest BCUT2D eigenvalue weighted by atomic mass is 9.93. The number of fused-ring (bicyclic) bond motifs is 2. The quantitative estimate of drug-likeness (QED) is 0.494. The van der Waals surface area contributed by atoms with Gasteiger partial charge in [0.1, 0.15) is 18.0 Å². The van der Waals surface area contributed by atoms with Crippen molar-refractivity contribution in [2.24, 2.45) is 0 Å². The number of anilines is 2. The summed E-state index contributed by atoms with van der Waals surface area (Å²) < 4.78 is 3.77. The van der Waals surface area contributed by atoms with E-state index in [9.17, 15) is 0 Å². The smallest absolute Gasteiger partial charge is 0.254 e. The first-order valence-electron chi connectivity index (χ1n) is 10.8. The van der Waals surface area contributed by atoms with E-state index in [2.05, 4.69) is 64.7 Å². The monoisotopic (exact) mass is 419 g/mol. The highest BCUT2D eigenvalue weighted by atomic mass is 15.4. The SMILES string of the molecule is Cc1nc2ncnn2c(N2CCCN(c3ccc4nc(C(C)(C)C)cn4n3)CC2)c1C. The first-order chi connectivity index (χ1) is 14.8. The Hall–Kier alpha value is -3.23. The molecule has 0 amide bonds. The van der Waals surface area contributed by atoms with Crippen LogP contribution in [0.4, 0.5) is 11.6 Å². The molecule has 1 fully saturated rings. The van der Waals surface area contributed by atoms with Gasteiger partial charge in [-0.05, 0) is 32.4 Å². The topological polar surface area (TPSA) is 79.8 Å². The molecule has 0 radical (unpaired) electrons. The second kappa shape index (κ2) is 7.18. The van der Waals surface area contributed by atoms with Crippen molar-refractivity contribution in [2.75, 3.05) is 36.0 Å². The van der Waals surface area contributed by atoms with E-state index in [1.807, 2.05) is 22.2 Å². The minimum Gasteiger partial charge on any atom is -0.354 e. The summed E-state index contributed by atoms with van der Waals surface area (Å²) in [5, 5.41) is 9.29. The average Bonchev–Trinajstić information content (AvgIpc) is 3.29. The van der Waals surface area contributed by atoms with Crippen molar-refractivity contribution in [3.63, 3.8) is 0 Å². The summed E-state index contributed by atoms with van der Waals surface area (Å²) in [5.74, 6) is 2.73. The Labute approximate surface area is 181 Å². The number of hydrogen-bond donors (Lipinski definition) is 0. The van der Waals surface area contributed by atoms with Crippen LogP contribution in [0, 0.1) is 13.8 Å². The van der Waals surface area contributed by atoms with E-state index >= 15 is 0 Å². The summed E-state index contributed by atoms with van der Waals surface area (Å²) in [4.78, 5) is 18.3. The third kappa shape index (κ3) is 3.47. The van der Waals surface area contributed by atoms with E-state index in [1.54, 1.807) is 6.33 Å². The van der Waals surface area contributed by atoms with Crippen LogP contribution >= 0.6 is 0 Å². The summed E-state index contributed by atoms with van der Waals surface area (Å²) in [5.41, 5.74) is 4.10. The van der Waals surface area contributed by atoms with Gasteiger partial charge in [-0.2, -0.15) is 14.6 Å². The molecule has 9 heteroatoms. The Kier molecular flexibility index (Phi) is 4.56. The molecule has 0 saturated carbocycles. The van der Waals surface area contributed by atoms with E-state index < -0.39 is 0 Å². The molecule has 0 aliphatic carbocycles. The molecule has 0 atom stereocenters. The number of imidazole rings is 1. The van der Waals surface area contributed by atoms with Gasteiger partial charge in [0.2, 0.25) is 0 Å². The van der Waals surface area contributed by atoms with Gasteiger partial charge < -0.3 is 9.80 Å². The van der Waals surface area contributed by atoms with Gasteiger partial charge in [-0.25, -0.2) is 14.5 Å². The van der Waals surface area contributed by atoms with Crippen molar-refractivity contribution < 1.29 is 0 Å². The fourth-order valence-corrected chi connectivity index (χ4v) is 4.15. The van der Waals surface area contributed by atoms with Crippen molar-refractivity contribution in [3.8, 4) is 0 Å². The van der Waals surface area contributed by atoms with E-state index in [-0.39, 0.29) is 5.41 Å². The van der Waals surface area contributed by atoms with Crippen LogP contribution in [-0.2, 0) is 5.41 Å². The second-order valence-corrected chi connectivity index (χ2v) is 9.32. The van der Waals surface area contributed by atoms with E-state index in [4.69, 9.17) is 10.1 Å². The predicted octanol–water partition coefficient (Wildman–Crippen LogP) is 2.80. The largest absolute Gasteiger partial charge is 0.354 e. The molecule has 9 nitrogen and oxygen atoms in total. The van der Waals surface area contributed by atoms with Crippen molar-refractivity contribution in [1.82, 2.24) is 34.2 Å². The lowest BCUT2D eigenvalue weighted by Crippen LogP contribution is -2.33. The fourth-order valence-electron chi connectivity index (χ4n) is 4.15. The Morgan fingerprint density at radius 3 is 2.52 bits per heavy atom. The Morgan fingerprint density at radius 1 is 0.935 bits per heavy atom.